The maximum Gasteiger partial charge on any atom is 0.256 e. The van der Waals surface area contributed by atoms with Gasteiger partial charge in [-0.05, 0) is 30.3 Å². The van der Waals surface area contributed by atoms with Crippen LogP contribution >= 0.6 is 27.7 Å². The van der Waals surface area contributed by atoms with Crippen molar-refractivity contribution in [3.05, 3.63) is 58.3 Å². The predicted molar refractivity (Wildman–Crippen MR) is 88.4 cm³/mol. The first-order valence-electron chi connectivity index (χ1n) is 6.24. The average Bonchev–Trinajstić information content (AvgIpc) is 2.48. The van der Waals surface area contributed by atoms with Crippen LogP contribution in [0.3, 0.4) is 0 Å². The molecule has 2 amide bonds. The van der Waals surface area contributed by atoms with Crippen LogP contribution < -0.4 is 11.1 Å². The van der Waals surface area contributed by atoms with Gasteiger partial charge in [-0.15, -0.1) is 11.8 Å². The summed E-state index contributed by atoms with van der Waals surface area (Å²) in [7, 11) is 0. The molecule has 2 aromatic rings. The lowest BCUT2D eigenvalue weighted by molar-refractivity contribution is -0.115. The maximum atomic E-state index is 13.8. The van der Waals surface area contributed by atoms with E-state index in [9.17, 15) is 14.0 Å². The zero-order valence-corrected chi connectivity index (χ0v) is 13.7. The molecule has 0 radical (unpaired) electrons. The molecule has 0 aliphatic heterocycles. The van der Waals surface area contributed by atoms with E-state index in [1.165, 1.54) is 12.1 Å². The number of hydrogen-bond acceptors (Lipinski definition) is 3. The van der Waals surface area contributed by atoms with Crippen LogP contribution in [0.25, 0.3) is 0 Å². The largest absolute Gasteiger partial charge is 0.369 e. The molecule has 4 nitrogen and oxygen atoms in total. The standard InChI is InChI=1S/C15H12BrFN2O2S/c16-9-5-6-12(11(17)7-9)19-15(21)10-3-1-2-4-13(10)22-8-14(18)20/h1-7H,8H2,(H2,18,20)(H,19,21). The zero-order chi connectivity index (χ0) is 16.1. The number of amides is 2. The highest BCUT2D eigenvalue weighted by molar-refractivity contribution is 9.10. The molecule has 0 saturated heterocycles. The lowest BCUT2D eigenvalue weighted by Gasteiger charge is -2.10. The fourth-order valence-corrected chi connectivity index (χ4v) is 2.83. The van der Waals surface area contributed by atoms with Gasteiger partial charge in [0.25, 0.3) is 5.91 Å². The van der Waals surface area contributed by atoms with Crippen LogP contribution in [0.15, 0.2) is 51.8 Å². The van der Waals surface area contributed by atoms with E-state index in [1.807, 2.05) is 0 Å². The molecular weight excluding hydrogens is 371 g/mol. The number of thioether (sulfide) groups is 1. The van der Waals surface area contributed by atoms with Crippen LogP contribution in [-0.2, 0) is 4.79 Å². The van der Waals surface area contributed by atoms with Crippen LogP contribution in [0.1, 0.15) is 10.4 Å². The first-order valence-corrected chi connectivity index (χ1v) is 8.02. The van der Waals surface area contributed by atoms with E-state index in [0.29, 0.717) is 14.9 Å². The van der Waals surface area contributed by atoms with Crippen molar-refractivity contribution >= 4 is 45.2 Å². The van der Waals surface area contributed by atoms with Gasteiger partial charge >= 0.3 is 0 Å². The molecule has 0 bridgehead atoms. The molecule has 2 aromatic carbocycles. The number of benzene rings is 2. The summed E-state index contributed by atoms with van der Waals surface area (Å²) in [6.07, 6.45) is 0. The Labute approximate surface area is 139 Å². The second kappa shape index (κ2) is 7.42. The van der Waals surface area contributed by atoms with Gasteiger partial charge in [-0.1, -0.05) is 28.1 Å². The van der Waals surface area contributed by atoms with Gasteiger partial charge in [-0.2, -0.15) is 0 Å². The van der Waals surface area contributed by atoms with E-state index >= 15 is 0 Å². The number of halogens is 2. The number of rotatable bonds is 5. The van der Waals surface area contributed by atoms with Crippen molar-refractivity contribution in [2.75, 3.05) is 11.1 Å². The molecule has 0 aliphatic carbocycles. The topological polar surface area (TPSA) is 72.2 Å². The lowest BCUT2D eigenvalue weighted by atomic mass is 10.2. The van der Waals surface area contributed by atoms with Gasteiger partial charge in [0, 0.05) is 9.37 Å². The third kappa shape index (κ3) is 4.32. The number of nitrogens with two attached hydrogens (primary N) is 1. The molecule has 2 rings (SSSR count). The lowest BCUT2D eigenvalue weighted by Crippen LogP contribution is -2.16. The van der Waals surface area contributed by atoms with Crippen molar-refractivity contribution < 1.29 is 14.0 Å². The van der Waals surface area contributed by atoms with Crippen molar-refractivity contribution in [1.82, 2.24) is 0 Å². The first-order chi connectivity index (χ1) is 10.5. The van der Waals surface area contributed by atoms with Gasteiger partial charge in [-0.25, -0.2) is 4.39 Å². The Morgan fingerprint density at radius 2 is 1.95 bits per heavy atom. The minimum absolute atomic E-state index is 0.0664. The number of carbonyl (C=O) groups is 2. The average molecular weight is 383 g/mol. The molecule has 0 atom stereocenters. The fourth-order valence-electron chi connectivity index (χ4n) is 1.71. The number of hydrogen-bond donors (Lipinski definition) is 2. The monoisotopic (exact) mass is 382 g/mol. The summed E-state index contributed by atoms with van der Waals surface area (Å²) in [4.78, 5) is 23.8. The van der Waals surface area contributed by atoms with Crippen LogP contribution in [-0.4, -0.2) is 17.6 Å². The van der Waals surface area contributed by atoms with Crippen LogP contribution in [0.2, 0.25) is 0 Å². The van der Waals surface area contributed by atoms with E-state index in [4.69, 9.17) is 5.73 Å². The highest BCUT2D eigenvalue weighted by Gasteiger charge is 2.14. The smallest absolute Gasteiger partial charge is 0.256 e. The molecule has 0 unspecified atom stereocenters. The number of anilines is 1. The highest BCUT2D eigenvalue weighted by atomic mass is 79.9. The molecular formula is C15H12BrFN2O2S. The third-order valence-electron chi connectivity index (χ3n) is 2.68. The van der Waals surface area contributed by atoms with Gasteiger partial charge in [-0.3, -0.25) is 9.59 Å². The quantitative estimate of drug-likeness (QED) is 0.778. The molecule has 0 aliphatic rings. The summed E-state index contributed by atoms with van der Waals surface area (Å²) in [5.41, 5.74) is 5.55. The SMILES string of the molecule is NC(=O)CSc1ccccc1C(=O)Nc1ccc(Br)cc1F. The molecule has 7 heteroatoms. The minimum atomic E-state index is -0.537. The van der Waals surface area contributed by atoms with Crippen LogP contribution in [0.5, 0.6) is 0 Å². The molecule has 0 spiro atoms. The number of carbonyl (C=O) groups excluding carboxylic acids is 2. The van der Waals surface area contributed by atoms with Crippen molar-refractivity contribution in [3.8, 4) is 0 Å². The Kier molecular flexibility index (Phi) is 5.57. The molecule has 3 N–H and O–H groups in total. The van der Waals surface area contributed by atoms with E-state index < -0.39 is 17.6 Å². The summed E-state index contributed by atoms with van der Waals surface area (Å²) in [5.74, 6) is -1.39. The summed E-state index contributed by atoms with van der Waals surface area (Å²) in [6.45, 7) is 0. The van der Waals surface area contributed by atoms with Crippen molar-refractivity contribution in [2.24, 2.45) is 5.73 Å². The van der Waals surface area contributed by atoms with Gasteiger partial charge in [0.1, 0.15) is 5.82 Å². The molecule has 22 heavy (non-hydrogen) atoms. The second-order valence-electron chi connectivity index (χ2n) is 4.33. The Hall–Kier alpha value is -1.86. The maximum absolute atomic E-state index is 13.8. The van der Waals surface area contributed by atoms with E-state index in [0.717, 1.165) is 11.8 Å². The van der Waals surface area contributed by atoms with Gasteiger partial charge in [0.2, 0.25) is 5.91 Å². The Morgan fingerprint density at radius 3 is 2.64 bits per heavy atom. The summed E-state index contributed by atoms with van der Waals surface area (Å²) in [6, 6.07) is 11.1. The summed E-state index contributed by atoms with van der Waals surface area (Å²) >= 11 is 4.32. The Morgan fingerprint density at radius 1 is 1.23 bits per heavy atom. The highest BCUT2D eigenvalue weighted by Crippen LogP contribution is 2.25. The Balaban J connectivity index is 2.20. The number of primary amides is 1. The number of nitrogens with one attached hydrogen (secondary N) is 1. The summed E-state index contributed by atoms with van der Waals surface area (Å²) < 4.78 is 14.4. The van der Waals surface area contributed by atoms with Crippen molar-refractivity contribution in [1.29, 1.82) is 0 Å². The normalized spacial score (nSPS) is 10.3. The van der Waals surface area contributed by atoms with Gasteiger partial charge in [0.05, 0.1) is 17.0 Å². The molecule has 0 fully saturated rings. The van der Waals surface area contributed by atoms with Crippen molar-refractivity contribution in [2.45, 2.75) is 4.90 Å². The molecule has 114 valence electrons. The van der Waals surface area contributed by atoms with Crippen LogP contribution in [0.4, 0.5) is 10.1 Å². The Bertz CT molecular complexity index is 724. The van der Waals surface area contributed by atoms with E-state index in [2.05, 4.69) is 21.2 Å². The van der Waals surface area contributed by atoms with E-state index in [1.54, 1.807) is 30.3 Å². The van der Waals surface area contributed by atoms with E-state index in [-0.39, 0.29) is 11.4 Å². The molecule has 0 aromatic heterocycles. The predicted octanol–water partition coefficient (Wildman–Crippen LogP) is 3.42. The molecule has 0 saturated carbocycles. The minimum Gasteiger partial charge on any atom is -0.369 e. The fraction of sp³-hybridized carbons (Fsp3) is 0.0667. The van der Waals surface area contributed by atoms with Crippen LogP contribution in [0, 0.1) is 5.82 Å². The van der Waals surface area contributed by atoms with Gasteiger partial charge < -0.3 is 11.1 Å². The molecule has 0 heterocycles. The second-order valence-corrected chi connectivity index (χ2v) is 6.26. The first kappa shape index (κ1) is 16.5. The third-order valence-corrected chi connectivity index (χ3v) is 4.27. The summed E-state index contributed by atoms with van der Waals surface area (Å²) in [5, 5.41) is 2.52. The van der Waals surface area contributed by atoms with Crippen molar-refractivity contribution in [3.63, 3.8) is 0 Å². The van der Waals surface area contributed by atoms with Gasteiger partial charge in [0.15, 0.2) is 0 Å². The zero-order valence-electron chi connectivity index (χ0n) is 11.3.